The van der Waals surface area contributed by atoms with Gasteiger partial charge in [-0.05, 0) is 29.4 Å². The van der Waals surface area contributed by atoms with Gasteiger partial charge in [-0.3, -0.25) is 9.65 Å². The van der Waals surface area contributed by atoms with Crippen LogP contribution in [0.5, 0.6) is 0 Å². The maximum absolute atomic E-state index is 12.5. The number of nitrogens with one attached hydrogen (secondary N) is 2. The van der Waals surface area contributed by atoms with Crippen molar-refractivity contribution in [2.75, 3.05) is 11.5 Å². The van der Waals surface area contributed by atoms with Gasteiger partial charge >= 0.3 is 6.03 Å². The number of unbranched alkanes of at least 4 members (excludes halogenated alkanes) is 7. The number of carbonyl (C=O) groups is 1. The SMILES string of the molecule is CCCCCCCCCCP(=O)(O)NC(=O)Nc1c(C(C)C)cccc1C(C)C. The van der Waals surface area contributed by atoms with E-state index in [-0.39, 0.29) is 18.0 Å². The largest absolute Gasteiger partial charge is 0.329 e. The van der Waals surface area contributed by atoms with Gasteiger partial charge in [0.1, 0.15) is 0 Å². The minimum Gasteiger partial charge on any atom is -0.329 e. The summed E-state index contributed by atoms with van der Waals surface area (Å²) in [5.41, 5.74) is 2.81. The van der Waals surface area contributed by atoms with Crippen molar-refractivity contribution in [2.45, 2.75) is 97.8 Å². The molecule has 0 aromatic heterocycles. The Hall–Kier alpha value is -1.32. The third-order valence-electron chi connectivity index (χ3n) is 5.20. The maximum Gasteiger partial charge on any atom is 0.326 e. The molecule has 2 amide bonds. The van der Waals surface area contributed by atoms with Crippen molar-refractivity contribution in [1.29, 1.82) is 0 Å². The lowest BCUT2D eigenvalue weighted by atomic mass is 9.93. The van der Waals surface area contributed by atoms with Crippen molar-refractivity contribution in [1.82, 2.24) is 5.09 Å². The Morgan fingerprint density at radius 3 is 1.90 bits per heavy atom. The van der Waals surface area contributed by atoms with Crippen LogP contribution in [0.3, 0.4) is 0 Å². The zero-order valence-electron chi connectivity index (χ0n) is 19.0. The van der Waals surface area contributed by atoms with E-state index in [1.165, 1.54) is 32.1 Å². The van der Waals surface area contributed by atoms with Crippen LogP contribution in [0.25, 0.3) is 0 Å². The molecule has 0 aliphatic heterocycles. The van der Waals surface area contributed by atoms with E-state index in [4.69, 9.17) is 0 Å². The van der Waals surface area contributed by atoms with Gasteiger partial charge in [0.05, 0.1) is 0 Å². The van der Waals surface area contributed by atoms with E-state index in [1.54, 1.807) is 0 Å². The molecular weight excluding hydrogens is 383 g/mol. The lowest BCUT2D eigenvalue weighted by Crippen LogP contribution is -2.28. The van der Waals surface area contributed by atoms with Gasteiger partial charge in [-0.25, -0.2) is 4.79 Å². The van der Waals surface area contributed by atoms with Crippen molar-refractivity contribution in [3.05, 3.63) is 29.3 Å². The number of anilines is 1. The summed E-state index contributed by atoms with van der Waals surface area (Å²) < 4.78 is 12.4. The first-order chi connectivity index (χ1) is 13.7. The van der Waals surface area contributed by atoms with Crippen LogP contribution in [-0.2, 0) is 4.57 Å². The Balaban J connectivity index is 2.56. The summed E-state index contributed by atoms with van der Waals surface area (Å²) in [6.45, 7) is 10.5. The lowest BCUT2D eigenvalue weighted by molar-refractivity contribution is 0.255. The third kappa shape index (κ3) is 9.82. The summed E-state index contributed by atoms with van der Waals surface area (Å²) >= 11 is 0. The number of rotatable bonds is 13. The Labute approximate surface area is 177 Å². The first-order valence-corrected chi connectivity index (χ1v) is 13.1. The standard InChI is InChI=1S/C23H41N2O3P/c1-6-7-8-9-10-11-12-13-17-29(27,28)25-23(26)24-22-20(18(2)3)15-14-16-21(22)19(4)5/h14-16,18-19H,6-13,17H2,1-5H3,(H3,24,25,26,27,28). The number of hydrogen-bond acceptors (Lipinski definition) is 2. The molecule has 0 spiro atoms. The van der Waals surface area contributed by atoms with E-state index in [0.717, 1.165) is 29.7 Å². The molecule has 0 aliphatic carbocycles. The summed E-state index contributed by atoms with van der Waals surface area (Å²) in [7, 11) is -3.69. The van der Waals surface area contributed by atoms with Gasteiger partial charge in [-0.15, -0.1) is 0 Å². The van der Waals surface area contributed by atoms with Crippen molar-refractivity contribution >= 4 is 19.2 Å². The van der Waals surface area contributed by atoms with Crippen molar-refractivity contribution in [2.24, 2.45) is 0 Å². The summed E-state index contributed by atoms with van der Waals surface area (Å²) in [4.78, 5) is 22.6. The van der Waals surface area contributed by atoms with Crippen LogP contribution < -0.4 is 10.4 Å². The molecule has 1 atom stereocenters. The molecule has 6 heteroatoms. The molecule has 0 fully saturated rings. The van der Waals surface area contributed by atoms with Gasteiger partial charge in [-0.1, -0.05) is 97.8 Å². The van der Waals surface area contributed by atoms with Crippen LogP contribution >= 0.6 is 7.52 Å². The molecule has 29 heavy (non-hydrogen) atoms. The highest BCUT2D eigenvalue weighted by Gasteiger charge is 2.22. The van der Waals surface area contributed by atoms with E-state index in [2.05, 4.69) is 45.0 Å². The van der Waals surface area contributed by atoms with Crippen molar-refractivity contribution in [3.63, 3.8) is 0 Å². The van der Waals surface area contributed by atoms with E-state index >= 15 is 0 Å². The Kier molecular flexibility index (Phi) is 11.6. The highest BCUT2D eigenvalue weighted by Crippen LogP contribution is 2.37. The molecule has 1 aromatic rings. The van der Waals surface area contributed by atoms with Gasteiger partial charge in [0.2, 0.25) is 0 Å². The monoisotopic (exact) mass is 424 g/mol. The second-order valence-corrected chi connectivity index (χ2v) is 10.7. The van der Waals surface area contributed by atoms with Crippen molar-refractivity contribution in [3.8, 4) is 0 Å². The molecule has 0 saturated carbocycles. The summed E-state index contributed by atoms with van der Waals surface area (Å²) in [5.74, 6) is 0.476. The molecule has 3 N–H and O–H groups in total. The van der Waals surface area contributed by atoms with Crippen LogP contribution in [0.15, 0.2) is 18.2 Å². The van der Waals surface area contributed by atoms with Crippen LogP contribution in [0.2, 0.25) is 0 Å². The van der Waals surface area contributed by atoms with Gasteiger partial charge in [0, 0.05) is 11.8 Å². The molecule has 0 bridgehead atoms. The predicted octanol–water partition coefficient (Wildman–Crippen LogP) is 7.38. The third-order valence-corrected chi connectivity index (χ3v) is 6.68. The first kappa shape index (κ1) is 25.7. The fourth-order valence-corrected chi connectivity index (χ4v) is 4.65. The molecular formula is C23H41N2O3P. The number of para-hydroxylation sites is 1. The van der Waals surface area contributed by atoms with Crippen LogP contribution in [0.1, 0.15) is 109 Å². The van der Waals surface area contributed by atoms with Gasteiger partial charge < -0.3 is 10.2 Å². The van der Waals surface area contributed by atoms with E-state index < -0.39 is 13.6 Å². The minimum atomic E-state index is -3.69. The Morgan fingerprint density at radius 2 is 1.41 bits per heavy atom. The highest BCUT2D eigenvalue weighted by atomic mass is 31.2. The molecule has 166 valence electrons. The fraction of sp³-hybridized carbons (Fsp3) is 0.696. The Bertz CT molecular complexity index is 648. The normalized spacial score (nSPS) is 13.5. The molecule has 0 aliphatic rings. The second-order valence-electron chi connectivity index (χ2n) is 8.59. The van der Waals surface area contributed by atoms with Gasteiger partial charge in [-0.2, -0.15) is 0 Å². The molecule has 0 saturated heterocycles. The topological polar surface area (TPSA) is 78.4 Å². The predicted molar refractivity (Wildman–Crippen MR) is 124 cm³/mol. The minimum absolute atomic E-state index is 0.123. The number of urea groups is 1. The first-order valence-electron chi connectivity index (χ1n) is 11.2. The number of carbonyl (C=O) groups excluding carboxylic acids is 1. The average Bonchev–Trinajstić information content (AvgIpc) is 2.63. The van der Waals surface area contributed by atoms with Crippen LogP contribution in [-0.4, -0.2) is 17.1 Å². The van der Waals surface area contributed by atoms with Gasteiger partial charge in [0.25, 0.3) is 7.52 Å². The molecule has 1 unspecified atom stereocenters. The molecule has 0 radical (unpaired) electrons. The highest BCUT2D eigenvalue weighted by molar-refractivity contribution is 7.56. The van der Waals surface area contributed by atoms with Crippen molar-refractivity contribution < 1.29 is 14.3 Å². The molecule has 5 nitrogen and oxygen atoms in total. The average molecular weight is 425 g/mol. The zero-order valence-corrected chi connectivity index (χ0v) is 19.9. The van der Waals surface area contributed by atoms with E-state index in [1.807, 2.05) is 18.2 Å². The quantitative estimate of drug-likeness (QED) is 0.228. The summed E-state index contributed by atoms with van der Waals surface area (Å²) in [6, 6.07) is 5.37. The smallest absolute Gasteiger partial charge is 0.326 e. The number of benzene rings is 1. The van der Waals surface area contributed by atoms with Gasteiger partial charge in [0.15, 0.2) is 0 Å². The van der Waals surface area contributed by atoms with E-state index in [9.17, 15) is 14.3 Å². The summed E-state index contributed by atoms with van der Waals surface area (Å²) in [6.07, 6.45) is 8.98. The Morgan fingerprint density at radius 1 is 0.931 bits per heavy atom. The number of hydrogen-bond donors (Lipinski definition) is 3. The van der Waals surface area contributed by atoms with Crippen LogP contribution in [0, 0.1) is 0 Å². The maximum atomic E-state index is 12.5. The molecule has 1 aromatic carbocycles. The fourth-order valence-electron chi connectivity index (χ4n) is 3.51. The zero-order chi connectivity index (χ0) is 21.9. The van der Waals surface area contributed by atoms with E-state index in [0.29, 0.717) is 6.42 Å². The molecule has 1 rings (SSSR count). The van der Waals surface area contributed by atoms with Crippen LogP contribution in [0.4, 0.5) is 10.5 Å². The summed E-state index contributed by atoms with van der Waals surface area (Å²) in [5, 5.41) is 5.16. The second kappa shape index (κ2) is 13.1. The lowest BCUT2D eigenvalue weighted by Gasteiger charge is -2.21. The number of amides is 2. The molecule has 0 heterocycles.